The average molecular weight is 685 g/mol. The van der Waals surface area contributed by atoms with Crippen LogP contribution in [0.2, 0.25) is 0 Å². The van der Waals surface area contributed by atoms with Crippen LogP contribution in [0, 0.1) is 13.8 Å². The summed E-state index contributed by atoms with van der Waals surface area (Å²) in [4.78, 5) is 0. The van der Waals surface area contributed by atoms with Crippen molar-refractivity contribution in [3.63, 3.8) is 0 Å². The van der Waals surface area contributed by atoms with Crippen LogP contribution in [0.1, 0.15) is 36.5 Å². The van der Waals surface area contributed by atoms with Crippen LogP contribution < -0.4 is 5.32 Å². The Hall–Kier alpha value is -6.38. The second kappa shape index (κ2) is 14.7. The van der Waals surface area contributed by atoms with Crippen molar-refractivity contribution in [3.05, 3.63) is 210 Å². The topological polar surface area (TPSA) is 17.0 Å². The van der Waals surface area contributed by atoms with Gasteiger partial charge in [-0.05, 0) is 127 Å². The normalized spacial score (nSPS) is 13.6. The lowest BCUT2D eigenvalue weighted by atomic mass is 9.92. The zero-order valence-corrected chi connectivity index (χ0v) is 30.7. The molecule has 1 aliphatic carbocycles. The molecule has 2 nitrogen and oxygen atoms in total. The van der Waals surface area contributed by atoms with E-state index < -0.39 is 0 Å². The van der Waals surface area contributed by atoms with Crippen molar-refractivity contribution >= 4 is 33.1 Å². The van der Waals surface area contributed by atoms with Crippen molar-refractivity contribution in [2.75, 3.05) is 5.32 Å². The van der Waals surface area contributed by atoms with E-state index in [1.807, 2.05) is 6.08 Å². The molecule has 1 N–H and O–H groups in total. The predicted molar refractivity (Wildman–Crippen MR) is 229 cm³/mol. The molecule has 0 amide bonds. The summed E-state index contributed by atoms with van der Waals surface area (Å²) >= 11 is 0. The van der Waals surface area contributed by atoms with E-state index in [2.05, 4.69) is 201 Å². The van der Waals surface area contributed by atoms with Gasteiger partial charge in [0.15, 0.2) is 0 Å². The number of aromatic nitrogens is 1. The molecule has 0 radical (unpaired) electrons. The monoisotopic (exact) mass is 684 g/mol. The van der Waals surface area contributed by atoms with Crippen molar-refractivity contribution in [2.45, 2.75) is 33.6 Å². The van der Waals surface area contributed by atoms with Crippen molar-refractivity contribution in [3.8, 4) is 27.9 Å². The average Bonchev–Trinajstić information content (AvgIpc) is 3.52. The lowest BCUT2D eigenvalue weighted by molar-refractivity contribution is 0.949. The first kappa shape index (κ1) is 33.7. The maximum atomic E-state index is 4.10. The van der Waals surface area contributed by atoms with Gasteiger partial charge in [-0.3, -0.25) is 0 Å². The number of anilines is 1. The molecule has 0 spiro atoms. The summed E-state index contributed by atoms with van der Waals surface area (Å²) in [6.45, 7) is 10.6. The predicted octanol–water partition coefficient (Wildman–Crippen LogP) is 14.0. The molecule has 0 bridgehead atoms. The first-order valence-electron chi connectivity index (χ1n) is 18.5. The van der Waals surface area contributed by atoms with E-state index in [9.17, 15) is 0 Å². The molecule has 7 aromatic rings. The van der Waals surface area contributed by atoms with E-state index in [0.29, 0.717) is 0 Å². The van der Waals surface area contributed by atoms with Gasteiger partial charge in [0, 0.05) is 27.8 Å². The molecule has 1 heterocycles. The van der Waals surface area contributed by atoms with Crippen LogP contribution in [0.15, 0.2) is 193 Å². The first-order chi connectivity index (χ1) is 25.9. The summed E-state index contributed by atoms with van der Waals surface area (Å²) < 4.78 is 2.40. The van der Waals surface area contributed by atoms with Crippen molar-refractivity contribution in [1.29, 1.82) is 0 Å². The number of hydrogen-bond acceptors (Lipinski definition) is 1. The number of benzene rings is 6. The molecule has 0 atom stereocenters. The molecule has 0 saturated heterocycles. The molecule has 0 saturated carbocycles. The first-order valence-corrected chi connectivity index (χ1v) is 18.5. The van der Waals surface area contributed by atoms with Crippen LogP contribution in [0.3, 0.4) is 0 Å². The molecule has 53 heavy (non-hydrogen) atoms. The van der Waals surface area contributed by atoms with Crippen LogP contribution >= 0.6 is 0 Å². The van der Waals surface area contributed by atoms with Gasteiger partial charge in [-0.1, -0.05) is 139 Å². The van der Waals surface area contributed by atoms with Crippen LogP contribution in [0.25, 0.3) is 55.3 Å². The van der Waals surface area contributed by atoms with Gasteiger partial charge in [-0.2, -0.15) is 0 Å². The van der Waals surface area contributed by atoms with Crippen molar-refractivity contribution in [2.24, 2.45) is 0 Å². The standard InChI is InChI=1S/C51H44N2/c1-5-14-38(31-37(4)46-23-6-8-25-49(46)52-44-21-12-19-41(32-44)39-17-10-15-35(2)29-39)43-27-28-51-48(34-43)47-24-7-9-26-50(47)53(51)45-22-13-20-42(33-45)40-18-11-16-36(3)30-40/h5,7-22,24-34,52H,1,6,23H2,2-4H3/b37-31+,38-14+. The lowest BCUT2D eigenvalue weighted by Gasteiger charge is -2.20. The van der Waals surface area contributed by atoms with Crippen molar-refractivity contribution in [1.82, 2.24) is 4.57 Å². The molecule has 0 unspecified atom stereocenters. The molecule has 258 valence electrons. The highest BCUT2D eigenvalue weighted by molar-refractivity contribution is 6.10. The molecular formula is C51H44N2. The summed E-state index contributed by atoms with van der Waals surface area (Å²) in [6, 6.07) is 50.6. The number of hydrogen-bond donors (Lipinski definition) is 1. The van der Waals surface area contributed by atoms with Crippen molar-refractivity contribution < 1.29 is 0 Å². The second-order valence-electron chi connectivity index (χ2n) is 14.1. The third-order valence-electron chi connectivity index (χ3n) is 10.3. The molecular weight excluding hydrogens is 641 g/mol. The Kier molecular flexibility index (Phi) is 9.36. The maximum Gasteiger partial charge on any atom is 0.0541 e. The Morgan fingerprint density at radius 1 is 0.660 bits per heavy atom. The number of fused-ring (bicyclic) bond motifs is 3. The van der Waals surface area contributed by atoms with E-state index in [1.165, 1.54) is 71.9 Å². The summed E-state index contributed by atoms with van der Waals surface area (Å²) in [6.07, 6.45) is 12.9. The fraction of sp³-hybridized carbons (Fsp3) is 0.0980. The van der Waals surface area contributed by atoms with Gasteiger partial charge in [-0.15, -0.1) is 0 Å². The van der Waals surface area contributed by atoms with Gasteiger partial charge in [0.1, 0.15) is 0 Å². The molecule has 0 fully saturated rings. The number of rotatable bonds is 9. The Balaban J connectivity index is 1.16. The van der Waals surface area contributed by atoms with E-state index in [0.717, 1.165) is 35.5 Å². The summed E-state index contributed by atoms with van der Waals surface area (Å²) in [5.74, 6) is 0. The Morgan fingerprint density at radius 2 is 1.32 bits per heavy atom. The fourth-order valence-electron chi connectivity index (χ4n) is 7.70. The zero-order valence-electron chi connectivity index (χ0n) is 30.7. The fourth-order valence-corrected chi connectivity index (χ4v) is 7.70. The van der Waals surface area contributed by atoms with Gasteiger partial charge in [0.25, 0.3) is 0 Å². The minimum absolute atomic E-state index is 0.980. The molecule has 0 aliphatic heterocycles. The molecule has 1 aromatic heterocycles. The largest absolute Gasteiger partial charge is 0.355 e. The summed E-state index contributed by atoms with van der Waals surface area (Å²) in [7, 11) is 0. The lowest BCUT2D eigenvalue weighted by Crippen LogP contribution is -2.06. The highest BCUT2D eigenvalue weighted by atomic mass is 15.0. The molecule has 2 heteroatoms. The highest BCUT2D eigenvalue weighted by Crippen LogP contribution is 2.36. The second-order valence-corrected chi connectivity index (χ2v) is 14.1. The third-order valence-corrected chi connectivity index (χ3v) is 10.3. The van der Waals surface area contributed by atoms with Gasteiger partial charge in [0.05, 0.1) is 11.0 Å². The van der Waals surface area contributed by atoms with Crippen LogP contribution in [-0.2, 0) is 0 Å². The molecule has 8 rings (SSSR count). The zero-order chi connectivity index (χ0) is 36.3. The van der Waals surface area contributed by atoms with Gasteiger partial charge >= 0.3 is 0 Å². The van der Waals surface area contributed by atoms with Gasteiger partial charge in [-0.25, -0.2) is 0 Å². The summed E-state index contributed by atoms with van der Waals surface area (Å²) in [5.41, 5.74) is 18.1. The van der Waals surface area contributed by atoms with E-state index in [4.69, 9.17) is 0 Å². The number of nitrogens with one attached hydrogen (secondary N) is 1. The third kappa shape index (κ3) is 6.97. The van der Waals surface area contributed by atoms with E-state index >= 15 is 0 Å². The number of aryl methyl sites for hydroxylation is 2. The van der Waals surface area contributed by atoms with Crippen LogP contribution in [0.5, 0.6) is 0 Å². The van der Waals surface area contributed by atoms with Gasteiger partial charge in [0.2, 0.25) is 0 Å². The highest BCUT2D eigenvalue weighted by Gasteiger charge is 2.16. The number of nitrogens with zero attached hydrogens (tertiary/aromatic N) is 1. The quantitative estimate of drug-likeness (QED) is 0.150. The Bertz CT molecular complexity index is 2640. The van der Waals surface area contributed by atoms with E-state index in [-0.39, 0.29) is 0 Å². The molecule has 6 aromatic carbocycles. The SMILES string of the molecule is C=C/C=C(\C=C(/C)C1=C(Nc2cccc(-c3cccc(C)c3)c2)C=CCC1)c1ccc2c(c1)c1ccccc1n2-c1cccc(-c2cccc(C)c2)c1. The Morgan fingerprint density at radius 3 is 2.06 bits per heavy atom. The minimum atomic E-state index is 0.980. The smallest absolute Gasteiger partial charge is 0.0541 e. The Labute approximate surface area is 313 Å². The number of allylic oxidation sites excluding steroid dienone is 8. The molecule has 1 aliphatic rings. The van der Waals surface area contributed by atoms with Crippen LogP contribution in [-0.4, -0.2) is 4.57 Å². The number of para-hydroxylation sites is 1. The van der Waals surface area contributed by atoms with Gasteiger partial charge < -0.3 is 9.88 Å². The summed E-state index contributed by atoms with van der Waals surface area (Å²) in [5, 5.41) is 6.24. The maximum absolute atomic E-state index is 4.10. The van der Waals surface area contributed by atoms with E-state index in [1.54, 1.807) is 0 Å². The van der Waals surface area contributed by atoms with Crippen LogP contribution in [0.4, 0.5) is 5.69 Å². The minimum Gasteiger partial charge on any atom is -0.355 e.